The summed E-state index contributed by atoms with van der Waals surface area (Å²) >= 11 is 0. The van der Waals surface area contributed by atoms with Gasteiger partial charge >= 0.3 is 0 Å². The lowest BCUT2D eigenvalue weighted by Crippen LogP contribution is -2.48. The number of ether oxygens (including phenoxy) is 1. The van der Waals surface area contributed by atoms with Crippen LogP contribution >= 0.6 is 0 Å². The maximum absolute atomic E-state index is 11.9. The van der Waals surface area contributed by atoms with Gasteiger partial charge in [-0.25, -0.2) is 0 Å². The number of nitrogens with one attached hydrogen (secondary N) is 1. The number of hydrogen-bond acceptors (Lipinski definition) is 4. The van der Waals surface area contributed by atoms with Crippen LogP contribution in [0.5, 0.6) is 5.75 Å². The Hall–Kier alpha value is -3.02. The summed E-state index contributed by atoms with van der Waals surface area (Å²) in [6, 6.07) is 17.0. The van der Waals surface area contributed by atoms with Crippen LogP contribution in [0, 0.1) is 0 Å². The van der Waals surface area contributed by atoms with Gasteiger partial charge in [-0.2, -0.15) is 0 Å². The van der Waals surface area contributed by atoms with Gasteiger partial charge in [0.15, 0.2) is 6.61 Å². The van der Waals surface area contributed by atoms with Gasteiger partial charge in [0.05, 0.1) is 0 Å². The van der Waals surface area contributed by atoms with Crippen molar-refractivity contribution < 1.29 is 14.3 Å². The monoisotopic (exact) mass is 353 g/mol. The van der Waals surface area contributed by atoms with E-state index in [-0.39, 0.29) is 18.4 Å². The van der Waals surface area contributed by atoms with Gasteiger partial charge < -0.3 is 19.9 Å². The second-order valence-corrected chi connectivity index (χ2v) is 6.19. The lowest BCUT2D eigenvalue weighted by molar-refractivity contribution is -0.129. The molecule has 1 N–H and O–H groups in total. The van der Waals surface area contributed by atoms with Crippen molar-refractivity contribution in [2.75, 3.05) is 43.0 Å². The first-order valence-corrected chi connectivity index (χ1v) is 8.70. The molecule has 6 heteroatoms. The van der Waals surface area contributed by atoms with Gasteiger partial charge in [-0.15, -0.1) is 0 Å². The molecule has 2 aromatic carbocycles. The number of amides is 2. The first kappa shape index (κ1) is 17.8. The van der Waals surface area contributed by atoms with E-state index in [0.29, 0.717) is 5.75 Å². The molecule has 0 aromatic heterocycles. The van der Waals surface area contributed by atoms with Crippen LogP contribution in [0.25, 0.3) is 0 Å². The van der Waals surface area contributed by atoms with Crippen LogP contribution < -0.4 is 15.0 Å². The number of para-hydroxylation sites is 1. The quantitative estimate of drug-likeness (QED) is 0.896. The van der Waals surface area contributed by atoms with Gasteiger partial charge in [-0.3, -0.25) is 9.59 Å². The number of hydrogen-bond donors (Lipinski definition) is 1. The number of carbonyl (C=O) groups excluding carboxylic acids is 2. The Morgan fingerprint density at radius 2 is 1.62 bits per heavy atom. The van der Waals surface area contributed by atoms with E-state index in [1.807, 2.05) is 59.5 Å². The zero-order chi connectivity index (χ0) is 18.4. The maximum Gasteiger partial charge on any atom is 0.262 e. The van der Waals surface area contributed by atoms with Gasteiger partial charge in [0.25, 0.3) is 5.91 Å². The third kappa shape index (κ3) is 4.75. The predicted octanol–water partition coefficient (Wildman–Crippen LogP) is 2.37. The number of piperazine rings is 1. The summed E-state index contributed by atoms with van der Waals surface area (Å²) in [6.45, 7) is 4.69. The fourth-order valence-corrected chi connectivity index (χ4v) is 2.90. The standard InChI is InChI=1S/C20H23N3O3/c1-16(24)22-11-13-23(14-12-22)18-7-9-19(10-8-18)26-15-20(25)21-17-5-3-2-4-6-17/h2-10H,11-15H2,1H3,(H,21,25). The Bertz CT molecular complexity index is 739. The largest absolute Gasteiger partial charge is 0.484 e. The van der Waals surface area contributed by atoms with E-state index in [1.165, 1.54) is 0 Å². The lowest BCUT2D eigenvalue weighted by atomic mass is 10.2. The molecule has 6 nitrogen and oxygen atoms in total. The molecule has 0 saturated carbocycles. The number of nitrogens with zero attached hydrogens (tertiary/aromatic N) is 2. The highest BCUT2D eigenvalue weighted by molar-refractivity contribution is 5.91. The highest BCUT2D eigenvalue weighted by Crippen LogP contribution is 2.21. The summed E-state index contributed by atoms with van der Waals surface area (Å²) in [7, 11) is 0. The predicted molar refractivity (Wildman–Crippen MR) is 101 cm³/mol. The van der Waals surface area contributed by atoms with Gasteiger partial charge in [-0.1, -0.05) is 18.2 Å². The number of carbonyl (C=O) groups is 2. The number of anilines is 2. The third-order valence-corrected chi connectivity index (χ3v) is 4.35. The molecular weight excluding hydrogens is 330 g/mol. The highest BCUT2D eigenvalue weighted by Gasteiger charge is 2.18. The third-order valence-electron chi connectivity index (χ3n) is 4.35. The van der Waals surface area contributed by atoms with Crippen LogP contribution in [0.15, 0.2) is 54.6 Å². The molecule has 1 aliphatic rings. The molecule has 3 rings (SSSR count). The Morgan fingerprint density at radius 1 is 0.962 bits per heavy atom. The minimum absolute atomic E-state index is 0.0362. The first-order chi connectivity index (χ1) is 12.6. The Balaban J connectivity index is 1.47. The molecule has 0 spiro atoms. The van der Waals surface area contributed by atoms with E-state index in [1.54, 1.807) is 6.92 Å². The van der Waals surface area contributed by atoms with Crippen molar-refractivity contribution in [1.82, 2.24) is 4.90 Å². The van der Waals surface area contributed by atoms with Crippen molar-refractivity contribution in [3.8, 4) is 5.75 Å². The van der Waals surface area contributed by atoms with E-state index in [9.17, 15) is 9.59 Å². The summed E-state index contributed by atoms with van der Waals surface area (Å²) in [5, 5.41) is 2.78. The fraction of sp³-hybridized carbons (Fsp3) is 0.300. The first-order valence-electron chi connectivity index (χ1n) is 8.70. The van der Waals surface area contributed by atoms with Crippen LogP contribution in [0.2, 0.25) is 0 Å². The molecule has 1 saturated heterocycles. The Kier molecular flexibility index (Phi) is 5.73. The van der Waals surface area contributed by atoms with Crippen molar-refractivity contribution in [3.05, 3.63) is 54.6 Å². The molecule has 2 aromatic rings. The minimum atomic E-state index is -0.194. The molecule has 0 bridgehead atoms. The van der Waals surface area contributed by atoms with E-state index in [4.69, 9.17) is 4.74 Å². The van der Waals surface area contributed by atoms with E-state index in [0.717, 1.165) is 37.6 Å². The van der Waals surface area contributed by atoms with Crippen LogP contribution in [0.4, 0.5) is 11.4 Å². The molecule has 0 unspecified atom stereocenters. The zero-order valence-corrected chi connectivity index (χ0v) is 14.9. The Morgan fingerprint density at radius 3 is 2.23 bits per heavy atom. The van der Waals surface area contributed by atoms with Crippen LogP contribution in [0.3, 0.4) is 0 Å². The van der Waals surface area contributed by atoms with Crippen molar-refractivity contribution in [2.45, 2.75) is 6.92 Å². The molecule has 1 fully saturated rings. The van der Waals surface area contributed by atoms with Crippen LogP contribution in [-0.4, -0.2) is 49.5 Å². The second-order valence-electron chi connectivity index (χ2n) is 6.19. The summed E-state index contributed by atoms with van der Waals surface area (Å²) in [5.41, 5.74) is 1.84. The highest BCUT2D eigenvalue weighted by atomic mass is 16.5. The zero-order valence-electron chi connectivity index (χ0n) is 14.9. The minimum Gasteiger partial charge on any atom is -0.484 e. The maximum atomic E-state index is 11.9. The molecular formula is C20H23N3O3. The van der Waals surface area contributed by atoms with Gasteiger partial charge in [0, 0.05) is 44.5 Å². The molecule has 0 aliphatic carbocycles. The number of benzene rings is 2. The summed E-state index contributed by atoms with van der Waals surface area (Å²) in [6.07, 6.45) is 0. The smallest absolute Gasteiger partial charge is 0.262 e. The van der Waals surface area contributed by atoms with Gasteiger partial charge in [0.2, 0.25) is 5.91 Å². The van der Waals surface area contributed by atoms with Crippen molar-refractivity contribution in [1.29, 1.82) is 0 Å². The average Bonchev–Trinajstić information content (AvgIpc) is 2.68. The lowest BCUT2D eigenvalue weighted by Gasteiger charge is -2.35. The normalized spacial score (nSPS) is 14.0. The van der Waals surface area contributed by atoms with Crippen LogP contribution in [0.1, 0.15) is 6.92 Å². The molecule has 0 radical (unpaired) electrons. The topological polar surface area (TPSA) is 61.9 Å². The van der Waals surface area contributed by atoms with Crippen molar-refractivity contribution in [3.63, 3.8) is 0 Å². The van der Waals surface area contributed by atoms with Crippen LogP contribution in [-0.2, 0) is 9.59 Å². The van der Waals surface area contributed by atoms with E-state index < -0.39 is 0 Å². The molecule has 0 atom stereocenters. The molecule has 26 heavy (non-hydrogen) atoms. The SMILES string of the molecule is CC(=O)N1CCN(c2ccc(OCC(=O)Nc3ccccc3)cc2)CC1. The summed E-state index contributed by atoms with van der Waals surface area (Å²) in [4.78, 5) is 27.4. The molecule has 1 aliphatic heterocycles. The van der Waals surface area contributed by atoms with Crippen molar-refractivity contribution >= 4 is 23.2 Å². The van der Waals surface area contributed by atoms with E-state index >= 15 is 0 Å². The fourth-order valence-electron chi connectivity index (χ4n) is 2.90. The second kappa shape index (κ2) is 8.38. The molecule has 1 heterocycles. The van der Waals surface area contributed by atoms with Gasteiger partial charge in [0.1, 0.15) is 5.75 Å². The van der Waals surface area contributed by atoms with E-state index in [2.05, 4.69) is 10.2 Å². The molecule has 2 amide bonds. The average molecular weight is 353 g/mol. The van der Waals surface area contributed by atoms with Crippen molar-refractivity contribution in [2.24, 2.45) is 0 Å². The molecule has 136 valence electrons. The summed E-state index contributed by atoms with van der Waals surface area (Å²) < 4.78 is 5.55. The number of rotatable bonds is 5. The summed E-state index contributed by atoms with van der Waals surface area (Å²) in [5.74, 6) is 0.585. The Labute approximate surface area is 153 Å². The van der Waals surface area contributed by atoms with Gasteiger partial charge in [-0.05, 0) is 36.4 Å².